The molecule has 14 nitrogen and oxygen atoms in total. The van der Waals surface area contributed by atoms with Crippen molar-refractivity contribution in [3.8, 4) is 0 Å². The highest BCUT2D eigenvalue weighted by Crippen LogP contribution is 2.69. The molecule has 0 aromatic heterocycles. The van der Waals surface area contributed by atoms with Crippen LogP contribution in [0, 0.1) is 32.8 Å². The maximum absolute atomic E-state index is 17.2. The van der Waals surface area contributed by atoms with Gasteiger partial charge in [0.15, 0.2) is 29.7 Å². The van der Waals surface area contributed by atoms with Crippen LogP contribution in [0.3, 0.4) is 0 Å². The van der Waals surface area contributed by atoms with Crippen molar-refractivity contribution in [2.24, 2.45) is 22.7 Å². The molecule has 0 bridgehead atoms. The molecule has 4 aliphatic carbocycles. The molecule has 15 heteroatoms. The number of fused-ring (bicyclic) bond motifs is 5. The number of rotatable bonds is 11. The van der Waals surface area contributed by atoms with Gasteiger partial charge < -0.3 is 35.3 Å². The van der Waals surface area contributed by atoms with Gasteiger partial charge in [-0.25, -0.2) is 9.18 Å². The Hall–Kier alpha value is -3.27. The number of carbonyl (C=O) groups excluding carboxylic acids is 4. The van der Waals surface area contributed by atoms with E-state index in [0.717, 1.165) is 0 Å². The van der Waals surface area contributed by atoms with E-state index < -0.39 is 94.6 Å². The average Bonchev–Trinajstić information content (AvgIpc) is 3.15. The lowest BCUT2D eigenvalue weighted by atomic mass is 9.44. The molecule has 9 atom stereocenters. The zero-order valence-corrected chi connectivity index (χ0v) is 23.9. The zero-order valence-electron chi connectivity index (χ0n) is 23.9. The van der Waals surface area contributed by atoms with Crippen LogP contribution in [-0.2, 0) is 28.8 Å². The fraction of sp³-hybridized carbons (Fsp3) is 0.714. The molecule has 0 aromatic carbocycles. The maximum Gasteiger partial charge on any atom is 0.331 e. The Morgan fingerprint density at radius 2 is 1.93 bits per heavy atom. The highest BCUT2D eigenvalue weighted by atomic mass is 19.1. The predicted octanol–water partition coefficient (Wildman–Crippen LogP) is -0.363. The van der Waals surface area contributed by atoms with Crippen LogP contribution in [0.25, 0.3) is 0 Å². The first-order valence-electron chi connectivity index (χ1n) is 14.1. The summed E-state index contributed by atoms with van der Waals surface area (Å²) in [5.74, 6) is -4.98. The van der Waals surface area contributed by atoms with Gasteiger partial charge >= 0.3 is 5.97 Å². The minimum atomic E-state index is -2.52. The molecule has 3 saturated carbocycles. The number of halogens is 1. The lowest BCUT2D eigenvalue weighted by Crippen LogP contribution is -2.69. The van der Waals surface area contributed by atoms with Gasteiger partial charge in [0.05, 0.1) is 25.4 Å². The summed E-state index contributed by atoms with van der Waals surface area (Å²) in [5.41, 5.74) is -7.05. The number of hydrogen-bond donors (Lipinski definition) is 5. The van der Waals surface area contributed by atoms with E-state index in [1.807, 2.05) is 0 Å². The number of carbonyl (C=O) groups is 4. The molecule has 1 amide bonds. The molecule has 5 N–H and O–H groups in total. The monoisotopic (exact) mass is 612 g/mol. The maximum atomic E-state index is 17.2. The van der Waals surface area contributed by atoms with Crippen molar-refractivity contribution in [3.05, 3.63) is 33.9 Å². The van der Waals surface area contributed by atoms with Crippen LogP contribution in [0.15, 0.2) is 23.8 Å². The molecule has 0 radical (unpaired) electrons. The Bertz CT molecular complexity index is 1260. The molecular formula is C28H37FN2O12. The first-order valence-corrected chi connectivity index (χ1v) is 14.1. The lowest BCUT2D eigenvalue weighted by molar-refractivity contribution is -0.757. The van der Waals surface area contributed by atoms with E-state index >= 15 is 4.39 Å². The number of nitrogens with one attached hydrogen (secondary N) is 1. The quantitative estimate of drug-likeness (QED) is 0.0873. The van der Waals surface area contributed by atoms with Crippen molar-refractivity contribution >= 4 is 23.4 Å². The lowest BCUT2D eigenvalue weighted by Gasteiger charge is -2.62. The Morgan fingerprint density at radius 1 is 1.23 bits per heavy atom. The first-order chi connectivity index (χ1) is 20.1. The summed E-state index contributed by atoms with van der Waals surface area (Å²) >= 11 is 0. The molecule has 3 fully saturated rings. The minimum Gasteiger partial charge on any atom is -0.456 e. The molecule has 4 aliphatic rings. The van der Waals surface area contributed by atoms with Gasteiger partial charge in [-0.3, -0.25) is 14.4 Å². The van der Waals surface area contributed by atoms with Crippen LogP contribution < -0.4 is 5.32 Å². The van der Waals surface area contributed by atoms with Gasteiger partial charge in [-0.2, -0.15) is 0 Å². The van der Waals surface area contributed by atoms with Crippen LogP contribution in [0.4, 0.5) is 4.39 Å². The summed E-state index contributed by atoms with van der Waals surface area (Å²) in [6, 6.07) is -1.59. The molecule has 0 aromatic rings. The van der Waals surface area contributed by atoms with Crippen molar-refractivity contribution in [3.63, 3.8) is 0 Å². The van der Waals surface area contributed by atoms with Gasteiger partial charge in [0.2, 0.25) is 11.7 Å². The Morgan fingerprint density at radius 3 is 2.58 bits per heavy atom. The number of alkyl halides is 1. The van der Waals surface area contributed by atoms with Crippen LogP contribution in [0.2, 0.25) is 0 Å². The van der Waals surface area contributed by atoms with E-state index in [0.29, 0.717) is 12.0 Å². The van der Waals surface area contributed by atoms with E-state index in [9.17, 15) is 49.7 Å². The van der Waals surface area contributed by atoms with E-state index in [1.165, 1.54) is 25.2 Å². The minimum absolute atomic E-state index is 0.0542. The van der Waals surface area contributed by atoms with Crippen LogP contribution in [-0.4, -0.2) is 98.3 Å². The summed E-state index contributed by atoms with van der Waals surface area (Å²) in [7, 11) is 0. The summed E-state index contributed by atoms with van der Waals surface area (Å²) in [6.45, 7) is 0.784. The number of hydrogen-bond acceptors (Lipinski definition) is 12. The third-order valence-corrected chi connectivity index (χ3v) is 10.2. The van der Waals surface area contributed by atoms with Crippen molar-refractivity contribution in [1.82, 2.24) is 5.32 Å². The third-order valence-electron chi connectivity index (χ3n) is 10.2. The summed E-state index contributed by atoms with van der Waals surface area (Å²) in [6.07, 6.45) is 0.403. The van der Waals surface area contributed by atoms with E-state index in [4.69, 9.17) is 4.74 Å². The fourth-order valence-corrected chi connectivity index (χ4v) is 7.89. The topological polar surface area (TPSA) is 223 Å². The number of esters is 1. The summed E-state index contributed by atoms with van der Waals surface area (Å²) in [4.78, 5) is 64.3. The largest absolute Gasteiger partial charge is 0.456 e. The van der Waals surface area contributed by atoms with Gasteiger partial charge in [0.1, 0.15) is 0 Å². The normalized spacial score (nSPS) is 38.6. The number of amides is 1. The highest BCUT2D eigenvalue weighted by Gasteiger charge is 2.76. The second-order valence-corrected chi connectivity index (χ2v) is 12.3. The number of allylic oxidation sites excluding steroid dienone is 4. The van der Waals surface area contributed by atoms with Crippen LogP contribution >= 0.6 is 0 Å². The number of aliphatic hydroxyl groups excluding tert-OH is 3. The standard InChI is InChI=1S/C28H37FN2O12/c1-25-8-7-16(33)10-15(25)5-6-17-18-11-20(34)28(39,26(18,2)12-21(35)27(17,25)29)22(36)14-42-24(38)19(13-32)30-23(37)4-3-9-43-31(40)41/h7-8,10,17-21,32,34-35,39H,3-6,9,11-14H2,1-2H3,(H,30,37)/t17?,18?,19?,20-,21+,25+,26+,27+,28+/m1/s1. The second kappa shape index (κ2) is 11.7. The predicted molar refractivity (Wildman–Crippen MR) is 142 cm³/mol. The van der Waals surface area contributed by atoms with Crippen LogP contribution in [0.5, 0.6) is 0 Å². The van der Waals surface area contributed by atoms with Gasteiger partial charge in [-0.1, -0.05) is 18.6 Å². The van der Waals surface area contributed by atoms with E-state index in [2.05, 4.69) is 10.2 Å². The zero-order chi connectivity index (χ0) is 32.0. The van der Waals surface area contributed by atoms with Crippen LogP contribution in [0.1, 0.15) is 52.4 Å². The van der Waals surface area contributed by atoms with Gasteiger partial charge in [-0.15, -0.1) is 10.1 Å². The Balaban J connectivity index is 1.46. The average molecular weight is 613 g/mol. The molecule has 3 unspecified atom stereocenters. The third kappa shape index (κ3) is 5.15. The molecule has 0 saturated heterocycles. The van der Waals surface area contributed by atoms with Crippen molar-refractivity contribution < 1.29 is 58.7 Å². The summed E-state index contributed by atoms with van der Waals surface area (Å²) in [5, 5.41) is 55.0. The molecule has 43 heavy (non-hydrogen) atoms. The molecule has 4 rings (SSSR count). The fourth-order valence-electron chi connectivity index (χ4n) is 7.89. The number of nitrogens with zero attached hydrogens (tertiary/aromatic N) is 1. The molecule has 0 spiro atoms. The van der Waals surface area contributed by atoms with E-state index in [1.54, 1.807) is 6.92 Å². The van der Waals surface area contributed by atoms with Gasteiger partial charge in [0, 0.05) is 23.2 Å². The van der Waals surface area contributed by atoms with Crippen molar-refractivity contribution in [2.45, 2.75) is 81.9 Å². The van der Waals surface area contributed by atoms with E-state index in [-0.39, 0.29) is 38.1 Å². The number of ketones is 2. The van der Waals surface area contributed by atoms with Gasteiger partial charge in [-0.05, 0) is 57.1 Å². The second-order valence-electron chi connectivity index (χ2n) is 12.3. The highest BCUT2D eigenvalue weighted by molar-refractivity contribution is 6.01. The molecule has 0 heterocycles. The smallest absolute Gasteiger partial charge is 0.331 e. The van der Waals surface area contributed by atoms with Gasteiger partial charge in [0.25, 0.3) is 5.09 Å². The van der Waals surface area contributed by atoms with Crippen molar-refractivity contribution in [2.75, 3.05) is 19.8 Å². The Labute approximate surface area is 246 Å². The number of aliphatic hydroxyl groups is 4. The molecule has 0 aliphatic heterocycles. The molecular weight excluding hydrogens is 575 g/mol. The first kappa shape index (κ1) is 32.6. The summed E-state index contributed by atoms with van der Waals surface area (Å²) < 4.78 is 22.2. The van der Waals surface area contributed by atoms with Crippen molar-refractivity contribution in [1.29, 1.82) is 0 Å². The number of Topliss-reactive ketones (excluding diaryl/α,β-unsaturated/α-hetero) is 1. The molecule has 238 valence electrons. The Kier molecular flexibility index (Phi) is 8.86. The number of ether oxygens (including phenoxy) is 1. The SMILES string of the molecule is C[C@]12C=CC(=O)C=C1CCC1C3C[C@@H](O)[C@](O)(C(=O)COC(=O)C(CO)NC(=O)CCCO[N+](=O)[O-])[C@@]3(C)C[C@H](O)[C@@]12F.